The Labute approximate surface area is 93.7 Å². The van der Waals surface area contributed by atoms with Crippen LogP contribution in [0.5, 0.6) is 0 Å². The maximum Gasteiger partial charge on any atom is 0.151 e. The third-order valence-corrected chi connectivity index (χ3v) is 3.30. The Kier molecular flexibility index (Phi) is 1.91. The van der Waals surface area contributed by atoms with E-state index in [1.54, 1.807) is 0 Å². The molecule has 2 aromatic rings. The highest BCUT2D eigenvalue weighted by Gasteiger charge is 2.19. The van der Waals surface area contributed by atoms with Crippen LogP contribution in [0.4, 0.5) is 5.82 Å². The van der Waals surface area contributed by atoms with E-state index in [2.05, 4.69) is 19.9 Å². The summed E-state index contributed by atoms with van der Waals surface area (Å²) in [6.45, 7) is 3.80. The van der Waals surface area contributed by atoms with Gasteiger partial charge in [-0.3, -0.25) is 0 Å². The minimum absolute atomic E-state index is 0.543. The molecule has 0 atom stereocenters. The van der Waals surface area contributed by atoms with Gasteiger partial charge in [-0.05, 0) is 19.9 Å². The molecule has 16 heavy (non-hydrogen) atoms. The van der Waals surface area contributed by atoms with Crippen molar-refractivity contribution in [2.75, 3.05) is 12.3 Å². The van der Waals surface area contributed by atoms with Crippen molar-refractivity contribution in [3.8, 4) is 0 Å². The Bertz CT molecular complexity index is 569. The number of hydrogen-bond donors (Lipinski definition) is 2. The van der Waals surface area contributed by atoms with Crippen LogP contribution in [0.1, 0.15) is 17.1 Å². The molecule has 3 heterocycles. The molecular weight excluding hydrogens is 202 g/mol. The van der Waals surface area contributed by atoms with Crippen LogP contribution in [0.3, 0.4) is 0 Å². The van der Waals surface area contributed by atoms with Crippen LogP contribution in [0.2, 0.25) is 0 Å². The number of aromatic nitrogens is 3. The third kappa shape index (κ3) is 1.15. The van der Waals surface area contributed by atoms with Gasteiger partial charge in [-0.1, -0.05) is 0 Å². The number of nitrogens with zero attached hydrogens (tertiary/aromatic N) is 3. The van der Waals surface area contributed by atoms with Gasteiger partial charge in [0.2, 0.25) is 0 Å². The molecule has 5 heteroatoms. The summed E-state index contributed by atoms with van der Waals surface area (Å²) in [4.78, 5) is 8.91. The highest BCUT2D eigenvalue weighted by Crippen LogP contribution is 2.27. The van der Waals surface area contributed by atoms with Gasteiger partial charge in [0, 0.05) is 19.2 Å². The van der Waals surface area contributed by atoms with E-state index in [0.29, 0.717) is 5.82 Å². The molecular formula is C11H15N5. The number of imidazole rings is 1. The van der Waals surface area contributed by atoms with Crippen LogP contribution >= 0.6 is 0 Å². The second-order valence-electron chi connectivity index (χ2n) is 4.26. The summed E-state index contributed by atoms with van der Waals surface area (Å²) in [7, 11) is 2.03. The van der Waals surface area contributed by atoms with Gasteiger partial charge < -0.3 is 15.6 Å². The Hall–Kier alpha value is -1.62. The first kappa shape index (κ1) is 9.59. The molecule has 1 aliphatic heterocycles. The van der Waals surface area contributed by atoms with E-state index in [1.165, 1.54) is 5.56 Å². The normalized spacial score (nSPS) is 15.4. The first-order valence-corrected chi connectivity index (χ1v) is 5.49. The smallest absolute Gasteiger partial charge is 0.151 e. The summed E-state index contributed by atoms with van der Waals surface area (Å²) in [5, 5.41) is 3.31. The molecule has 0 bridgehead atoms. The summed E-state index contributed by atoms with van der Waals surface area (Å²) in [5.74, 6) is 1.52. The molecule has 0 radical (unpaired) electrons. The topological polar surface area (TPSA) is 68.8 Å². The van der Waals surface area contributed by atoms with E-state index in [-0.39, 0.29) is 0 Å². The standard InChI is InChI=1S/C11H15N5/c1-6-14-9-10(16(6)2)7-3-4-13-5-8(7)15-11(9)12/h13H,3-5H2,1-2H3,(H2,12,15). The van der Waals surface area contributed by atoms with Crippen molar-refractivity contribution >= 4 is 16.9 Å². The van der Waals surface area contributed by atoms with Gasteiger partial charge >= 0.3 is 0 Å². The Morgan fingerprint density at radius 3 is 3.00 bits per heavy atom. The average molecular weight is 217 g/mol. The lowest BCUT2D eigenvalue weighted by Gasteiger charge is -2.18. The van der Waals surface area contributed by atoms with Crippen molar-refractivity contribution < 1.29 is 0 Å². The number of nitrogens with two attached hydrogens (primary N) is 1. The highest BCUT2D eigenvalue weighted by molar-refractivity contribution is 5.88. The lowest BCUT2D eigenvalue weighted by atomic mass is 10.0. The first-order valence-electron chi connectivity index (χ1n) is 5.49. The summed E-state index contributed by atoms with van der Waals surface area (Å²) in [6.07, 6.45) is 0.998. The molecule has 0 saturated heterocycles. The fourth-order valence-corrected chi connectivity index (χ4v) is 2.37. The maximum absolute atomic E-state index is 5.95. The number of nitrogens with one attached hydrogen (secondary N) is 1. The molecule has 2 aromatic heterocycles. The highest BCUT2D eigenvalue weighted by atomic mass is 15.1. The van der Waals surface area contributed by atoms with Crippen LogP contribution in [0.15, 0.2) is 0 Å². The molecule has 3 rings (SSSR count). The first-order chi connectivity index (χ1) is 7.68. The SMILES string of the molecule is Cc1nc2c(N)nc3c(c2n1C)CCNC3. The van der Waals surface area contributed by atoms with Crippen molar-refractivity contribution in [3.63, 3.8) is 0 Å². The van der Waals surface area contributed by atoms with E-state index in [4.69, 9.17) is 5.73 Å². The second kappa shape index (κ2) is 3.18. The van der Waals surface area contributed by atoms with Crippen molar-refractivity contribution in [3.05, 3.63) is 17.1 Å². The summed E-state index contributed by atoms with van der Waals surface area (Å²) < 4.78 is 2.11. The predicted octanol–water partition coefficient (Wildman–Crippen LogP) is 0.505. The van der Waals surface area contributed by atoms with Gasteiger partial charge in [-0.15, -0.1) is 0 Å². The van der Waals surface area contributed by atoms with Gasteiger partial charge in [-0.2, -0.15) is 0 Å². The molecule has 3 N–H and O–H groups in total. The largest absolute Gasteiger partial charge is 0.382 e. The van der Waals surface area contributed by atoms with Gasteiger partial charge in [0.15, 0.2) is 5.82 Å². The Morgan fingerprint density at radius 1 is 1.38 bits per heavy atom. The van der Waals surface area contributed by atoms with Crippen molar-refractivity contribution in [1.82, 2.24) is 19.9 Å². The average Bonchev–Trinajstić information content (AvgIpc) is 2.57. The quantitative estimate of drug-likeness (QED) is 0.674. The molecule has 5 nitrogen and oxygen atoms in total. The zero-order chi connectivity index (χ0) is 11.3. The lowest BCUT2D eigenvalue weighted by molar-refractivity contribution is 0.630. The molecule has 0 aromatic carbocycles. The van der Waals surface area contributed by atoms with Crippen LogP contribution in [-0.2, 0) is 20.0 Å². The number of pyridine rings is 1. The van der Waals surface area contributed by atoms with Crippen molar-refractivity contribution in [2.24, 2.45) is 7.05 Å². The van der Waals surface area contributed by atoms with Gasteiger partial charge in [0.25, 0.3) is 0 Å². The van der Waals surface area contributed by atoms with Crippen LogP contribution in [0.25, 0.3) is 11.0 Å². The minimum atomic E-state index is 0.543. The summed E-state index contributed by atoms with van der Waals surface area (Å²) in [5.41, 5.74) is 10.3. The van der Waals surface area contributed by atoms with Crippen LogP contribution < -0.4 is 11.1 Å². The van der Waals surface area contributed by atoms with Crippen LogP contribution in [-0.4, -0.2) is 21.1 Å². The Morgan fingerprint density at radius 2 is 2.19 bits per heavy atom. The second-order valence-corrected chi connectivity index (χ2v) is 4.26. The molecule has 0 fully saturated rings. The third-order valence-electron chi connectivity index (χ3n) is 3.30. The zero-order valence-corrected chi connectivity index (χ0v) is 9.54. The van der Waals surface area contributed by atoms with Gasteiger partial charge in [-0.25, -0.2) is 9.97 Å². The van der Waals surface area contributed by atoms with Crippen molar-refractivity contribution in [2.45, 2.75) is 19.9 Å². The molecule has 0 saturated carbocycles. The van der Waals surface area contributed by atoms with Gasteiger partial charge in [0.1, 0.15) is 11.3 Å². The molecule has 0 aliphatic carbocycles. The number of aryl methyl sites for hydroxylation is 2. The fraction of sp³-hybridized carbons (Fsp3) is 0.455. The fourth-order valence-electron chi connectivity index (χ4n) is 2.37. The summed E-state index contributed by atoms with van der Waals surface area (Å²) in [6, 6.07) is 0. The molecule has 0 unspecified atom stereocenters. The number of rotatable bonds is 0. The Balaban J connectivity index is 2.44. The van der Waals surface area contributed by atoms with E-state index in [1.807, 2.05) is 14.0 Å². The zero-order valence-electron chi connectivity index (χ0n) is 9.54. The van der Waals surface area contributed by atoms with E-state index < -0.39 is 0 Å². The molecule has 1 aliphatic rings. The van der Waals surface area contributed by atoms with Crippen molar-refractivity contribution in [1.29, 1.82) is 0 Å². The number of fused-ring (bicyclic) bond motifs is 3. The van der Waals surface area contributed by atoms with E-state index in [9.17, 15) is 0 Å². The predicted molar refractivity (Wildman–Crippen MR) is 63.1 cm³/mol. The summed E-state index contributed by atoms with van der Waals surface area (Å²) >= 11 is 0. The van der Waals surface area contributed by atoms with Crippen LogP contribution in [0, 0.1) is 6.92 Å². The molecule has 84 valence electrons. The molecule has 0 amide bonds. The lowest BCUT2D eigenvalue weighted by Crippen LogP contribution is -2.25. The van der Waals surface area contributed by atoms with E-state index in [0.717, 1.165) is 42.1 Å². The number of hydrogen-bond acceptors (Lipinski definition) is 4. The number of nitrogen functional groups attached to an aromatic ring is 1. The maximum atomic E-state index is 5.95. The van der Waals surface area contributed by atoms with Gasteiger partial charge in [0.05, 0.1) is 11.2 Å². The van der Waals surface area contributed by atoms with E-state index >= 15 is 0 Å². The minimum Gasteiger partial charge on any atom is -0.382 e. The monoisotopic (exact) mass is 217 g/mol. The number of anilines is 1. The molecule has 0 spiro atoms.